The van der Waals surface area contributed by atoms with E-state index in [1.807, 2.05) is 44.3 Å². The summed E-state index contributed by atoms with van der Waals surface area (Å²) in [4.78, 5) is 0. The van der Waals surface area contributed by atoms with Gasteiger partial charge in [-0.2, -0.15) is 10.2 Å². The molecule has 2 heterocycles. The van der Waals surface area contributed by atoms with Gasteiger partial charge in [0.05, 0.1) is 35.6 Å². The highest BCUT2D eigenvalue weighted by molar-refractivity contribution is 7.90. The number of aryl methyl sites for hydroxylation is 3. The quantitative estimate of drug-likeness (QED) is 0.688. The Morgan fingerprint density at radius 2 is 1.79 bits per heavy atom. The Kier molecular flexibility index (Phi) is 4.53. The van der Waals surface area contributed by atoms with Crippen LogP contribution in [0.25, 0.3) is 5.69 Å². The molecule has 0 fully saturated rings. The average molecular weight is 344 g/mol. The summed E-state index contributed by atoms with van der Waals surface area (Å²) in [6.07, 6.45) is 5.34. The van der Waals surface area contributed by atoms with Crippen molar-refractivity contribution in [2.24, 2.45) is 0 Å². The molecule has 0 atom stereocenters. The fourth-order valence-corrected chi connectivity index (χ4v) is 3.61. The fourth-order valence-electron chi connectivity index (χ4n) is 2.40. The Bertz CT molecular complexity index is 924. The second kappa shape index (κ2) is 6.60. The number of benzene rings is 1. The van der Waals surface area contributed by atoms with E-state index >= 15 is 0 Å². The zero-order chi connectivity index (χ0) is 17.2. The molecule has 0 spiro atoms. The van der Waals surface area contributed by atoms with E-state index in [0.29, 0.717) is 12.2 Å². The van der Waals surface area contributed by atoms with Gasteiger partial charge in [-0.1, -0.05) is 17.7 Å². The first-order valence-electron chi connectivity index (χ1n) is 7.72. The Labute approximate surface area is 141 Å². The number of sulfone groups is 1. The maximum Gasteiger partial charge on any atom is 0.157 e. The van der Waals surface area contributed by atoms with E-state index in [1.54, 1.807) is 27.8 Å². The van der Waals surface area contributed by atoms with Crippen LogP contribution in [-0.4, -0.2) is 33.7 Å². The number of hydrogen-bond donors (Lipinski definition) is 0. The summed E-state index contributed by atoms with van der Waals surface area (Å²) < 4.78 is 27.9. The smallest absolute Gasteiger partial charge is 0.157 e. The maximum atomic E-state index is 12.3. The van der Waals surface area contributed by atoms with E-state index in [0.717, 1.165) is 11.3 Å². The standard InChI is InChI=1S/C17H20N4O2S/c1-14-3-5-17(6-4-14)21-8-7-16(19-21)13-24(22,23)10-9-20-12-15(2)11-18-20/h3-8,11-12H,9-10,13H2,1-2H3. The normalized spacial score (nSPS) is 11.8. The largest absolute Gasteiger partial charge is 0.271 e. The van der Waals surface area contributed by atoms with Gasteiger partial charge in [-0.15, -0.1) is 0 Å². The lowest BCUT2D eigenvalue weighted by Crippen LogP contribution is -2.15. The van der Waals surface area contributed by atoms with Gasteiger partial charge in [0.1, 0.15) is 0 Å². The van der Waals surface area contributed by atoms with Crippen LogP contribution in [0, 0.1) is 13.8 Å². The third-order valence-corrected chi connectivity index (χ3v) is 5.24. The zero-order valence-electron chi connectivity index (χ0n) is 13.8. The molecule has 2 aromatic heterocycles. The van der Waals surface area contributed by atoms with Gasteiger partial charge in [-0.05, 0) is 37.6 Å². The monoisotopic (exact) mass is 344 g/mol. The molecule has 1 aromatic carbocycles. The van der Waals surface area contributed by atoms with Crippen molar-refractivity contribution < 1.29 is 8.42 Å². The van der Waals surface area contributed by atoms with Gasteiger partial charge in [0.25, 0.3) is 0 Å². The minimum absolute atomic E-state index is 0.0471. The predicted molar refractivity (Wildman–Crippen MR) is 92.8 cm³/mol. The van der Waals surface area contributed by atoms with Crippen molar-refractivity contribution in [2.75, 3.05) is 5.75 Å². The van der Waals surface area contributed by atoms with Crippen molar-refractivity contribution in [3.63, 3.8) is 0 Å². The van der Waals surface area contributed by atoms with Crippen LogP contribution in [-0.2, 0) is 22.1 Å². The number of aromatic nitrogens is 4. The molecule has 0 bridgehead atoms. The van der Waals surface area contributed by atoms with Gasteiger partial charge in [0.2, 0.25) is 0 Å². The molecule has 24 heavy (non-hydrogen) atoms. The second-order valence-electron chi connectivity index (χ2n) is 5.96. The van der Waals surface area contributed by atoms with Gasteiger partial charge < -0.3 is 0 Å². The highest BCUT2D eigenvalue weighted by Gasteiger charge is 2.15. The van der Waals surface area contributed by atoms with E-state index in [2.05, 4.69) is 10.2 Å². The molecule has 0 aliphatic rings. The van der Waals surface area contributed by atoms with Crippen molar-refractivity contribution in [1.29, 1.82) is 0 Å². The van der Waals surface area contributed by atoms with Crippen molar-refractivity contribution in [2.45, 2.75) is 26.1 Å². The molecule has 0 saturated heterocycles. The zero-order valence-corrected chi connectivity index (χ0v) is 14.6. The van der Waals surface area contributed by atoms with E-state index in [9.17, 15) is 8.42 Å². The summed E-state index contributed by atoms with van der Waals surface area (Å²) in [6.45, 7) is 4.30. The molecule has 7 heteroatoms. The molecule has 0 unspecified atom stereocenters. The lowest BCUT2D eigenvalue weighted by atomic mass is 10.2. The van der Waals surface area contributed by atoms with Crippen LogP contribution in [0.4, 0.5) is 0 Å². The number of rotatable bonds is 6. The molecule has 126 valence electrons. The lowest BCUT2D eigenvalue weighted by Gasteiger charge is -2.04. The first kappa shape index (κ1) is 16.4. The maximum absolute atomic E-state index is 12.3. The van der Waals surface area contributed by atoms with Crippen LogP contribution >= 0.6 is 0 Å². The first-order chi connectivity index (χ1) is 11.4. The van der Waals surface area contributed by atoms with Crippen molar-refractivity contribution in [3.8, 4) is 5.69 Å². The van der Waals surface area contributed by atoms with E-state index < -0.39 is 9.84 Å². The Morgan fingerprint density at radius 3 is 2.46 bits per heavy atom. The van der Waals surface area contributed by atoms with Gasteiger partial charge in [0.15, 0.2) is 9.84 Å². The third-order valence-electron chi connectivity index (χ3n) is 3.70. The van der Waals surface area contributed by atoms with E-state index in [4.69, 9.17) is 0 Å². The second-order valence-corrected chi connectivity index (χ2v) is 8.14. The summed E-state index contributed by atoms with van der Waals surface area (Å²) in [7, 11) is -3.24. The number of nitrogens with zero attached hydrogens (tertiary/aromatic N) is 4. The SMILES string of the molecule is Cc1ccc(-n2ccc(CS(=O)(=O)CCn3cc(C)cn3)n2)cc1. The van der Waals surface area contributed by atoms with Crippen molar-refractivity contribution in [3.05, 3.63) is 65.7 Å². The topological polar surface area (TPSA) is 69.8 Å². The van der Waals surface area contributed by atoms with Crippen molar-refractivity contribution in [1.82, 2.24) is 19.6 Å². The molecule has 0 aliphatic carbocycles. The molecule has 3 rings (SSSR count). The van der Waals surface area contributed by atoms with Gasteiger partial charge in [-0.25, -0.2) is 13.1 Å². The molecular formula is C17H20N4O2S. The van der Waals surface area contributed by atoms with Gasteiger partial charge >= 0.3 is 0 Å². The summed E-state index contributed by atoms with van der Waals surface area (Å²) in [5.74, 6) is -0.0162. The molecule has 0 saturated carbocycles. The van der Waals surface area contributed by atoms with Gasteiger partial charge in [-0.3, -0.25) is 4.68 Å². The highest BCUT2D eigenvalue weighted by Crippen LogP contribution is 2.11. The Balaban J connectivity index is 1.65. The van der Waals surface area contributed by atoms with Crippen LogP contribution in [0.5, 0.6) is 0 Å². The van der Waals surface area contributed by atoms with Crippen LogP contribution < -0.4 is 0 Å². The summed E-state index contributed by atoms with van der Waals surface area (Å²) in [5, 5.41) is 8.48. The van der Waals surface area contributed by atoms with Crippen molar-refractivity contribution >= 4 is 9.84 Å². The minimum atomic E-state index is -3.24. The molecule has 6 nitrogen and oxygen atoms in total. The summed E-state index contributed by atoms with van der Waals surface area (Å²) in [5.41, 5.74) is 3.65. The molecule has 0 radical (unpaired) electrons. The molecular weight excluding hydrogens is 324 g/mol. The number of hydrogen-bond acceptors (Lipinski definition) is 4. The minimum Gasteiger partial charge on any atom is -0.271 e. The highest BCUT2D eigenvalue weighted by atomic mass is 32.2. The van der Waals surface area contributed by atoms with Crippen LogP contribution in [0.2, 0.25) is 0 Å². The summed E-state index contributed by atoms with van der Waals surface area (Å²) in [6, 6.07) is 9.66. The first-order valence-corrected chi connectivity index (χ1v) is 9.54. The fraction of sp³-hybridized carbons (Fsp3) is 0.294. The molecule has 3 aromatic rings. The Hall–Kier alpha value is -2.41. The molecule has 0 N–H and O–H groups in total. The van der Waals surface area contributed by atoms with E-state index in [1.165, 1.54) is 5.56 Å². The average Bonchev–Trinajstić information content (AvgIpc) is 3.15. The summed E-state index contributed by atoms with van der Waals surface area (Å²) >= 11 is 0. The van der Waals surface area contributed by atoms with Crippen LogP contribution in [0.15, 0.2) is 48.9 Å². The predicted octanol–water partition coefficient (Wildman–Crippen LogP) is 2.30. The lowest BCUT2D eigenvalue weighted by molar-refractivity contribution is 0.579. The van der Waals surface area contributed by atoms with E-state index in [-0.39, 0.29) is 11.5 Å². The molecule has 0 amide bonds. The Morgan fingerprint density at radius 1 is 1.04 bits per heavy atom. The van der Waals surface area contributed by atoms with Gasteiger partial charge in [0, 0.05) is 12.4 Å². The van der Waals surface area contributed by atoms with Crippen LogP contribution in [0.1, 0.15) is 16.8 Å². The third kappa shape index (κ3) is 4.11. The van der Waals surface area contributed by atoms with Crippen LogP contribution in [0.3, 0.4) is 0 Å². The molecule has 0 aliphatic heterocycles.